The maximum Gasteiger partial charge on any atom is 0.330 e. The van der Waals surface area contributed by atoms with Gasteiger partial charge in [0.25, 0.3) is 0 Å². The standard InChI is InChI=1S/C18H24FN3O5/c1-21(2)18(26)22-8-6-11(7-9-22)16(23)20-15(17(24)25)12-4-5-14(27-3)13(19)10-12/h4-5,10-11,15H,6-9H2,1-3H3,(H,20,23)(H,24,25). The molecular formula is C18H24FN3O5. The van der Waals surface area contributed by atoms with Gasteiger partial charge in [0.2, 0.25) is 5.91 Å². The number of likely N-dealkylation sites (tertiary alicyclic amines) is 1. The van der Waals surface area contributed by atoms with E-state index in [0.717, 1.165) is 6.07 Å². The number of hydrogen-bond donors (Lipinski definition) is 2. The number of nitrogens with one attached hydrogen (secondary N) is 1. The van der Waals surface area contributed by atoms with Crippen LogP contribution < -0.4 is 10.1 Å². The minimum atomic E-state index is -1.36. The van der Waals surface area contributed by atoms with Crippen LogP contribution in [0, 0.1) is 11.7 Å². The lowest BCUT2D eigenvalue weighted by Gasteiger charge is -2.33. The average Bonchev–Trinajstić information content (AvgIpc) is 2.65. The van der Waals surface area contributed by atoms with Crippen molar-refractivity contribution in [3.63, 3.8) is 0 Å². The number of piperidine rings is 1. The minimum absolute atomic E-state index is 0.00727. The zero-order valence-corrected chi connectivity index (χ0v) is 15.6. The van der Waals surface area contributed by atoms with Crippen LogP contribution in [0.5, 0.6) is 5.75 Å². The lowest BCUT2D eigenvalue weighted by atomic mass is 9.95. The summed E-state index contributed by atoms with van der Waals surface area (Å²) in [7, 11) is 4.63. The van der Waals surface area contributed by atoms with Crippen LogP contribution in [0.3, 0.4) is 0 Å². The molecule has 1 aliphatic heterocycles. The van der Waals surface area contributed by atoms with Crippen molar-refractivity contribution in [2.75, 3.05) is 34.3 Å². The van der Waals surface area contributed by atoms with E-state index in [-0.39, 0.29) is 17.3 Å². The van der Waals surface area contributed by atoms with E-state index < -0.39 is 29.7 Å². The molecule has 1 fully saturated rings. The maximum absolute atomic E-state index is 13.9. The smallest absolute Gasteiger partial charge is 0.330 e. The summed E-state index contributed by atoms with van der Waals surface area (Å²) in [5.41, 5.74) is 0.120. The second kappa shape index (κ2) is 8.70. The van der Waals surface area contributed by atoms with Crippen molar-refractivity contribution in [2.24, 2.45) is 5.92 Å². The third-order valence-corrected chi connectivity index (χ3v) is 4.56. The van der Waals surface area contributed by atoms with Crippen LogP contribution >= 0.6 is 0 Å². The Hall–Kier alpha value is -2.84. The molecule has 1 heterocycles. The maximum atomic E-state index is 13.9. The molecule has 1 aromatic carbocycles. The van der Waals surface area contributed by atoms with E-state index in [9.17, 15) is 23.9 Å². The van der Waals surface area contributed by atoms with Gasteiger partial charge in [-0.05, 0) is 30.5 Å². The van der Waals surface area contributed by atoms with Crippen molar-refractivity contribution in [2.45, 2.75) is 18.9 Å². The van der Waals surface area contributed by atoms with Gasteiger partial charge in [0.1, 0.15) is 0 Å². The number of carboxylic acid groups (broad SMARTS) is 1. The van der Waals surface area contributed by atoms with Crippen LogP contribution in [-0.4, -0.2) is 67.1 Å². The van der Waals surface area contributed by atoms with Gasteiger partial charge in [-0.1, -0.05) is 6.07 Å². The highest BCUT2D eigenvalue weighted by Crippen LogP contribution is 2.24. The molecule has 0 spiro atoms. The molecule has 8 nitrogen and oxygen atoms in total. The highest BCUT2D eigenvalue weighted by molar-refractivity contribution is 5.86. The monoisotopic (exact) mass is 381 g/mol. The fourth-order valence-electron chi connectivity index (χ4n) is 3.03. The highest BCUT2D eigenvalue weighted by Gasteiger charge is 2.31. The molecule has 1 atom stereocenters. The summed E-state index contributed by atoms with van der Waals surface area (Å²) in [6, 6.07) is 2.28. The zero-order chi connectivity index (χ0) is 20.1. The summed E-state index contributed by atoms with van der Waals surface area (Å²) < 4.78 is 18.7. The van der Waals surface area contributed by atoms with E-state index in [1.807, 2.05) is 0 Å². The highest BCUT2D eigenvalue weighted by atomic mass is 19.1. The molecule has 0 aliphatic carbocycles. The van der Waals surface area contributed by atoms with E-state index in [2.05, 4.69) is 5.32 Å². The first-order valence-corrected chi connectivity index (χ1v) is 8.57. The Kier molecular flexibility index (Phi) is 6.59. The molecule has 27 heavy (non-hydrogen) atoms. The molecule has 0 bridgehead atoms. The van der Waals surface area contributed by atoms with Gasteiger partial charge in [0, 0.05) is 33.1 Å². The van der Waals surface area contributed by atoms with Gasteiger partial charge in [-0.15, -0.1) is 0 Å². The van der Waals surface area contributed by atoms with Gasteiger partial charge in [0.05, 0.1) is 7.11 Å². The number of urea groups is 1. The SMILES string of the molecule is COc1ccc(C(NC(=O)C2CCN(C(=O)N(C)C)CC2)C(=O)O)cc1F. The van der Waals surface area contributed by atoms with E-state index in [0.29, 0.717) is 25.9 Å². The number of methoxy groups -OCH3 is 1. The zero-order valence-electron chi connectivity index (χ0n) is 15.6. The molecule has 3 amide bonds. The van der Waals surface area contributed by atoms with Gasteiger partial charge in [-0.2, -0.15) is 0 Å². The molecule has 1 aliphatic rings. The van der Waals surface area contributed by atoms with Gasteiger partial charge in [0.15, 0.2) is 17.6 Å². The van der Waals surface area contributed by atoms with Crippen molar-refractivity contribution in [3.8, 4) is 5.75 Å². The summed E-state index contributed by atoms with van der Waals surface area (Å²) in [6.07, 6.45) is 0.878. The van der Waals surface area contributed by atoms with Crippen LogP contribution in [0.4, 0.5) is 9.18 Å². The lowest BCUT2D eigenvalue weighted by Crippen LogP contribution is -2.47. The Labute approximate surface area is 156 Å². The van der Waals surface area contributed by atoms with Crippen molar-refractivity contribution >= 4 is 17.9 Å². The molecule has 148 valence electrons. The predicted octanol–water partition coefficient (Wildman–Crippen LogP) is 1.47. The number of carbonyl (C=O) groups is 3. The molecule has 2 N–H and O–H groups in total. The first-order chi connectivity index (χ1) is 12.7. The van der Waals surface area contributed by atoms with Crippen molar-refractivity contribution in [1.29, 1.82) is 0 Å². The minimum Gasteiger partial charge on any atom is -0.494 e. The molecule has 1 unspecified atom stereocenters. The number of carbonyl (C=O) groups excluding carboxylic acids is 2. The second-order valence-electron chi connectivity index (χ2n) is 6.61. The largest absolute Gasteiger partial charge is 0.494 e. The fourth-order valence-corrected chi connectivity index (χ4v) is 3.03. The van der Waals surface area contributed by atoms with E-state index in [1.165, 1.54) is 24.1 Å². The van der Waals surface area contributed by atoms with Crippen LogP contribution in [0.1, 0.15) is 24.4 Å². The van der Waals surface area contributed by atoms with E-state index in [1.54, 1.807) is 19.0 Å². The molecule has 1 aromatic rings. The van der Waals surface area contributed by atoms with Gasteiger partial charge in [-0.25, -0.2) is 14.0 Å². The Morgan fingerprint density at radius 2 is 1.93 bits per heavy atom. The topological polar surface area (TPSA) is 99.2 Å². The number of nitrogens with zero attached hydrogens (tertiary/aromatic N) is 2. The summed E-state index contributed by atoms with van der Waals surface area (Å²) in [6.45, 7) is 0.841. The van der Waals surface area contributed by atoms with Crippen LogP contribution in [-0.2, 0) is 9.59 Å². The predicted molar refractivity (Wildman–Crippen MR) is 94.9 cm³/mol. The average molecular weight is 381 g/mol. The molecule has 9 heteroatoms. The van der Waals surface area contributed by atoms with E-state index in [4.69, 9.17) is 4.74 Å². The number of ether oxygens (including phenoxy) is 1. The molecule has 0 radical (unpaired) electrons. The van der Waals surface area contributed by atoms with E-state index >= 15 is 0 Å². The quantitative estimate of drug-likeness (QED) is 0.805. The second-order valence-corrected chi connectivity index (χ2v) is 6.61. The molecular weight excluding hydrogens is 357 g/mol. The number of benzene rings is 1. The third kappa shape index (κ3) is 4.87. The summed E-state index contributed by atoms with van der Waals surface area (Å²) in [5.74, 6) is -2.82. The van der Waals surface area contributed by atoms with Gasteiger partial charge < -0.3 is 25.0 Å². The number of amides is 3. The molecule has 1 saturated heterocycles. The Morgan fingerprint density at radius 1 is 1.30 bits per heavy atom. The Bertz CT molecular complexity index is 717. The van der Waals surface area contributed by atoms with Crippen molar-refractivity contribution in [3.05, 3.63) is 29.6 Å². The Balaban J connectivity index is 2.03. The molecule has 2 rings (SSSR count). The molecule has 0 saturated carbocycles. The van der Waals surface area contributed by atoms with Crippen molar-refractivity contribution in [1.82, 2.24) is 15.1 Å². The summed E-state index contributed by atoms with van der Waals surface area (Å²) in [4.78, 5) is 39.1. The summed E-state index contributed by atoms with van der Waals surface area (Å²) in [5, 5.41) is 11.9. The third-order valence-electron chi connectivity index (χ3n) is 4.56. The van der Waals surface area contributed by atoms with Crippen molar-refractivity contribution < 1.29 is 28.6 Å². The number of rotatable bonds is 5. The first-order valence-electron chi connectivity index (χ1n) is 8.57. The number of carboxylic acids is 1. The number of hydrogen-bond acceptors (Lipinski definition) is 4. The van der Waals surface area contributed by atoms with Crippen LogP contribution in [0.15, 0.2) is 18.2 Å². The molecule has 0 aromatic heterocycles. The summed E-state index contributed by atoms with van der Waals surface area (Å²) >= 11 is 0. The van der Waals surface area contributed by atoms with Gasteiger partial charge in [-0.3, -0.25) is 4.79 Å². The van der Waals surface area contributed by atoms with Gasteiger partial charge >= 0.3 is 12.0 Å². The first kappa shape index (κ1) is 20.5. The fraction of sp³-hybridized carbons (Fsp3) is 0.500. The number of aliphatic carboxylic acids is 1. The number of halogens is 1. The normalized spacial score (nSPS) is 15.8. The van der Waals surface area contributed by atoms with Crippen LogP contribution in [0.2, 0.25) is 0 Å². The Morgan fingerprint density at radius 3 is 2.41 bits per heavy atom. The lowest BCUT2D eigenvalue weighted by molar-refractivity contribution is -0.143. The van der Waals surface area contributed by atoms with Crippen LogP contribution in [0.25, 0.3) is 0 Å².